The first kappa shape index (κ1) is 17.6. The summed E-state index contributed by atoms with van der Waals surface area (Å²) >= 11 is 0.968. The standard InChI is InChI=1S/C13H19NO5S2/c1-8(2)13(3,6-10(15)16)14-12(17)9-5-11(20-7-9)21(4,18)19/h5,7-8H,6H2,1-4H3,(H,14,17)(H,15,16). The number of carboxylic acid groups (broad SMARTS) is 1. The third kappa shape index (κ3) is 4.53. The third-order valence-electron chi connectivity index (χ3n) is 3.39. The number of amides is 1. The second-order valence-corrected chi connectivity index (χ2v) is 8.68. The van der Waals surface area contributed by atoms with Crippen molar-refractivity contribution in [2.45, 2.75) is 36.9 Å². The molecule has 0 aromatic carbocycles. The molecular weight excluding hydrogens is 314 g/mol. The predicted molar refractivity (Wildman–Crippen MR) is 80.4 cm³/mol. The Hall–Kier alpha value is -1.41. The van der Waals surface area contributed by atoms with Crippen molar-refractivity contribution in [3.05, 3.63) is 17.0 Å². The van der Waals surface area contributed by atoms with E-state index < -0.39 is 27.3 Å². The van der Waals surface area contributed by atoms with Crippen molar-refractivity contribution in [3.8, 4) is 0 Å². The van der Waals surface area contributed by atoms with Crippen LogP contribution in [-0.2, 0) is 14.6 Å². The first-order chi connectivity index (χ1) is 9.45. The largest absolute Gasteiger partial charge is 0.481 e. The quantitative estimate of drug-likeness (QED) is 0.826. The summed E-state index contributed by atoms with van der Waals surface area (Å²) in [6, 6.07) is 1.30. The number of sulfone groups is 1. The summed E-state index contributed by atoms with van der Waals surface area (Å²) in [5, 5.41) is 13.1. The highest BCUT2D eigenvalue weighted by Gasteiger charge is 2.33. The van der Waals surface area contributed by atoms with E-state index in [1.54, 1.807) is 6.92 Å². The molecule has 0 saturated carbocycles. The third-order valence-corrected chi connectivity index (χ3v) is 6.16. The molecule has 0 saturated heterocycles. The van der Waals surface area contributed by atoms with Gasteiger partial charge in [-0.2, -0.15) is 0 Å². The first-order valence-electron chi connectivity index (χ1n) is 6.28. The second kappa shape index (κ2) is 6.15. The van der Waals surface area contributed by atoms with Crippen LogP contribution in [0.3, 0.4) is 0 Å². The predicted octanol–water partition coefficient (Wildman–Crippen LogP) is 1.77. The summed E-state index contributed by atoms with van der Waals surface area (Å²) < 4.78 is 22.9. The van der Waals surface area contributed by atoms with Crippen molar-refractivity contribution in [2.24, 2.45) is 5.92 Å². The number of hydrogen-bond acceptors (Lipinski definition) is 5. The zero-order valence-electron chi connectivity index (χ0n) is 12.3. The van der Waals surface area contributed by atoms with Crippen LogP contribution in [0.5, 0.6) is 0 Å². The van der Waals surface area contributed by atoms with E-state index >= 15 is 0 Å². The van der Waals surface area contributed by atoms with Gasteiger partial charge in [-0.15, -0.1) is 11.3 Å². The molecule has 0 aliphatic heterocycles. The zero-order valence-corrected chi connectivity index (χ0v) is 14.0. The van der Waals surface area contributed by atoms with Gasteiger partial charge in [0.15, 0.2) is 9.84 Å². The van der Waals surface area contributed by atoms with Gasteiger partial charge in [0.2, 0.25) is 0 Å². The minimum atomic E-state index is -3.35. The van der Waals surface area contributed by atoms with Gasteiger partial charge in [0.25, 0.3) is 5.91 Å². The van der Waals surface area contributed by atoms with Gasteiger partial charge in [0.05, 0.1) is 17.5 Å². The minimum Gasteiger partial charge on any atom is -0.481 e. The van der Waals surface area contributed by atoms with E-state index in [2.05, 4.69) is 5.32 Å². The van der Waals surface area contributed by atoms with Crippen LogP contribution in [0.1, 0.15) is 37.6 Å². The summed E-state index contributed by atoms with van der Waals surface area (Å²) in [6.07, 6.45) is 0.864. The number of carbonyl (C=O) groups excluding carboxylic acids is 1. The van der Waals surface area contributed by atoms with E-state index in [0.29, 0.717) is 0 Å². The Morgan fingerprint density at radius 1 is 1.43 bits per heavy atom. The second-order valence-electron chi connectivity index (χ2n) is 5.52. The van der Waals surface area contributed by atoms with Crippen LogP contribution in [0.15, 0.2) is 15.7 Å². The topological polar surface area (TPSA) is 101 Å². The molecule has 0 radical (unpaired) electrons. The van der Waals surface area contributed by atoms with Crippen molar-refractivity contribution >= 4 is 33.1 Å². The normalized spacial score (nSPS) is 14.7. The Labute approximate surface area is 128 Å². The van der Waals surface area contributed by atoms with E-state index in [4.69, 9.17) is 5.11 Å². The molecule has 1 heterocycles. The minimum absolute atomic E-state index is 0.0921. The highest BCUT2D eigenvalue weighted by Crippen LogP contribution is 2.24. The summed E-state index contributed by atoms with van der Waals surface area (Å²) in [5.41, 5.74) is -0.687. The summed E-state index contributed by atoms with van der Waals surface area (Å²) in [4.78, 5) is 23.1. The van der Waals surface area contributed by atoms with Crippen LogP contribution >= 0.6 is 11.3 Å². The van der Waals surface area contributed by atoms with E-state index in [1.165, 1.54) is 11.4 Å². The fraction of sp³-hybridized carbons (Fsp3) is 0.538. The van der Waals surface area contributed by atoms with Crippen LogP contribution < -0.4 is 5.32 Å². The van der Waals surface area contributed by atoms with Crippen molar-refractivity contribution in [2.75, 3.05) is 6.26 Å². The number of rotatable bonds is 6. The van der Waals surface area contributed by atoms with Crippen molar-refractivity contribution in [1.29, 1.82) is 0 Å². The van der Waals surface area contributed by atoms with Crippen LogP contribution in [0.2, 0.25) is 0 Å². The van der Waals surface area contributed by atoms with Gasteiger partial charge in [0, 0.05) is 11.6 Å². The molecule has 6 nitrogen and oxygen atoms in total. The number of thiophene rings is 1. The van der Waals surface area contributed by atoms with E-state index in [-0.39, 0.29) is 22.1 Å². The molecule has 0 spiro atoms. The van der Waals surface area contributed by atoms with Crippen LogP contribution in [0.4, 0.5) is 0 Å². The number of nitrogens with one attached hydrogen (secondary N) is 1. The summed E-state index contributed by atoms with van der Waals surface area (Å²) in [5.74, 6) is -1.57. The fourth-order valence-corrected chi connectivity index (χ4v) is 3.47. The Morgan fingerprint density at radius 3 is 2.38 bits per heavy atom. The van der Waals surface area contributed by atoms with E-state index in [0.717, 1.165) is 17.6 Å². The van der Waals surface area contributed by atoms with Gasteiger partial charge in [-0.25, -0.2) is 8.42 Å². The van der Waals surface area contributed by atoms with Crippen molar-refractivity contribution in [3.63, 3.8) is 0 Å². The molecule has 0 aliphatic rings. The molecule has 1 amide bonds. The summed E-state index contributed by atoms with van der Waals surface area (Å²) in [6.45, 7) is 5.30. The molecule has 1 unspecified atom stereocenters. The summed E-state index contributed by atoms with van der Waals surface area (Å²) in [7, 11) is -3.35. The Kier molecular flexibility index (Phi) is 5.16. The van der Waals surface area contributed by atoms with Crippen LogP contribution in [0, 0.1) is 5.92 Å². The van der Waals surface area contributed by atoms with E-state index in [1.807, 2.05) is 13.8 Å². The van der Waals surface area contributed by atoms with Gasteiger partial charge in [-0.3, -0.25) is 9.59 Å². The number of carboxylic acids is 1. The zero-order chi connectivity index (χ0) is 16.4. The maximum Gasteiger partial charge on any atom is 0.305 e. The van der Waals surface area contributed by atoms with Gasteiger partial charge in [-0.1, -0.05) is 13.8 Å². The molecule has 1 aromatic heterocycles. The van der Waals surface area contributed by atoms with Gasteiger partial charge in [-0.05, 0) is 18.9 Å². The highest BCUT2D eigenvalue weighted by molar-refractivity contribution is 7.92. The molecule has 1 aromatic rings. The first-order valence-corrected chi connectivity index (χ1v) is 9.05. The lowest BCUT2D eigenvalue weighted by Crippen LogP contribution is -2.51. The van der Waals surface area contributed by atoms with Crippen molar-refractivity contribution in [1.82, 2.24) is 5.32 Å². The van der Waals surface area contributed by atoms with Gasteiger partial charge in [0.1, 0.15) is 4.21 Å². The molecule has 21 heavy (non-hydrogen) atoms. The van der Waals surface area contributed by atoms with Gasteiger partial charge >= 0.3 is 5.97 Å². The molecule has 0 fully saturated rings. The fourth-order valence-electron chi connectivity index (χ4n) is 1.67. The lowest BCUT2D eigenvalue weighted by molar-refractivity contribution is -0.138. The molecule has 8 heteroatoms. The maximum absolute atomic E-state index is 12.2. The molecule has 1 atom stereocenters. The van der Waals surface area contributed by atoms with Gasteiger partial charge < -0.3 is 10.4 Å². The average molecular weight is 333 g/mol. The molecule has 0 bridgehead atoms. The number of hydrogen-bond donors (Lipinski definition) is 2. The molecule has 0 aliphatic carbocycles. The lowest BCUT2D eigenvalue weighted by atomic mass is 9.85. The number of carbonyl (C=O) groups is 2. The van der Waals surface area contributed by atoms with E-state index in [9.17, 15) is 18.0 Å². The Balaban J connectivity index is 2.98. The Morgan fingerprint density at radius 2 is 2.00 bits per heavy atom. The SMILES string of the molecule is CC(C)C(C)(CC(=O)O)NC(=O)c1csc(S(C)(=O)=O)c1. The van der Waals surface area contributed by atoms with Crippen LogP contribution in [-0.4, -0.2) is 37.2 Å². The number of aliphatic carboxylic acids is 1. The molecule has 1 rings (SSSR count). The highest BCUT2D eigenvalue weighted by atomic mass is 32.2. The average Bonchev–Trinajstić information content (AvgIpc) is 2.75. The molecular formula is C13H19NO5S2. The van der Waals surface area contributed by atoms with Crippen LogP contribution in [0.25, 0.3) is 0 Å². The maximum atomic E-state index is 12.2. The monoisotopic (exact) mass is 333 g/mol. The molecule has 118 valence electrons. The molecule has 2 N–H and O–H groups in total. The lowest BCUT2D eigenvalue weighted by Gasteiger charge is -2.33. The van der Waals surface area contributed by atoms with Crippen molar-refractivity contribution < 1.29 is 23.1 Å². The smallest absolute Gasteiger partial charge is 0.305 e. The Bertz CT molecular complexity index is 647.